The average Bonchev–Trinajstić information content (AvgIpc) is 2.68. The van der Waals surface area contributed by atoms with Crippen molar-refractivity contribution >= 4 is 23.5 Å². The molecule has 7 nitrogen and oxygen atoms in total. The molecule has 1 atom stereocenters. The molecule has 0 bridgehead atoms. The van der Waals surface area contributed by atoms with Gasteiger partial charge in [0.1, 0.15) is 0 Å². The van der Waals surface area contributed by atoms with Gasteiger partial charge in [0.25, 0.3) is 5.91 Å². The van der Waals surface area contributed by atoms with E-state index in [0.717, 1.165) is 0 Å². The predicted molar refractivity (Wildman–Crippen MR) is 64.5 cm³/mol. The highest BCUT2D eigenvalue weighted by molar-refractivity contribution is 6.14. The van der Waals surface area contributed by atoms with Crippen molar-refractivity contribution in [2.24, 2.45) is 5.73 Å². The van der Waals surface area contributed by atoms with Crippen LogP contribution in [0.3, 0.4) is 0 Å². The normalized spacial score (nSPS) is 22.6. The molecule has 1 saturated heterocycles. The van der Waals surface area contributed by atoms with Gasteiger partial charge >= 0.3 is 5.97 Å². The maximum absolute atomic E-state index is 11.9. The highest BCUT2D eigenvalue weighted by Crippen LogP contribution is 2.28. The van der Waals surface area contributed by atoms with E-state index in [1.165, 1.54) is 29.2 Å². The van der Waals surface area contributed by atoms with Crippen molar-refractivity contribution in [2.45, 2.75) is 12.0 Å². The topological polar surface area (TPSA) is 121 Å². The van der Waals surface area contributed by atoms with Crippen LogP contribution in [0.5, 0.6) is 0 Å². The van der Waals surface area contributed by atoms with Crippen LogP contribution in [0, 0.1) is 0 Å². The molecule has 1 aliphatic heterocycles. The lowest BCUT2D eigenvalue weighted by Crippen LogP contribution is -2.46. The molecule has 1 aromatic carbocycles. The summed E-state index contributed by atoms with van der Waals surface area (Å²) in [5, 5.41) is 18.6. The summed E-state index contributed by atoms with van der Waals surface area (Å²) in [6.45, 7) is 0.0948. The fraction of sp³-hybridized carbons (Fsp3) is 0.250. The number of aliphatic carboxylic acids is 1. The average molecular weight is 264 g/mol. The van der Waals surface area contributed by atoms with Gasteiger partial charge in [0.2, 0.25) is 11.5 Å². The number of aliphatic hydroxyl groups is 1. The fourth-order valence-corrected chi connectivity index (χ4v) is 1.96. The van der Waals surface area contributed by atoms with Gasteiger partial charge in [-0.05, 0) is 24.3 Å². The Kier molecular flexibility index (Phi) is 2.99. The van der Waals surface area contributed by atoms with Crippen LogP contribution >= 0.6 is 0 Å². The van der Waals surface area contributed by atoms with Crippen molar-refractivity contribution in [3.05, 3.63) is 29.8 Å². The van der Waals surface area contributed by atoms with E-state index in [2.05, 4.69) is 0 Å². The Morgan fingerprint density at radius 3 is 2.26 bits per heavy atom. The highest BCUT2D eigenvalue weighted by atomic mass is 16.4. The minimum Gasteiger partial charge on any atom is -0.479 e. The molecule has 100 valence electrons. The minimum absolute atomic E-state index is 0.0948. The first-order chi connectivity index (χ1) is 8.86. The number of carbonyl (C=O) groups is 3. The first kappa shape index (κ1) is 13.0. The van der Waals surface area contributed by atoms with Crippen molar-refractivity contribution in [3.8, 4) is 0 Å². The van der Waals surface area contributed by atoms with E-state index in [-0.39, 0.29) is 18.5 Å². The maximum atomic E-state index is 11.9. The molecule has 19 heavy (non-hydrogen) atoms. The van der Waals surface area contributed by atoms with Crippen LogP contribution in [0.15, 0.2) is 24.3 Å². The summed E-state index contributed by atoms with van der Waals surface area (Å²) >= 11 is 0. The van der Waals surface area contributed by atoms with Gasteiger partial charge in [0.15, 0.2) is 0 Å². The molecule has 0 radical (unpaired) electrons. The second kappa shape index (κ2) is 4.36. The fourth-order valence-electron chi connectivity index (χ4n) is 1.96. The summed E-state index contributed by atoms with van der Waals surface area (Å²) in [4.78, 5) is 34.9. The third kappa shape index (κ3) is 2.04. The number of amides is 2. The molecule has 1 aromatic rings. The number of anilines is 1. The lowest BCUT2D eigenvalue weighted by molar-refractivity contribution is -0.162. The van der Waals surface area contributed by atoms with Crippen LogP contribution in [-0.2, 0) is 9.59 Å². The van der Waals surface area contributed by atoms with Crippen LogP contribution < -0.4 is 10.6 Å². The Morgan fingerprint density at radius 1 is 1.26 bits per heavy atom. The molecule has 7 heteroatoms. The van der Waals surface area contributed by atoms with Crippen LogP contribution in [0.4, 0.5) is 5.69 Å². The molecule has 0 aromatic heterocycles. The zero-order valence-electron chi connectivity index (χ0n) is 9.87. The predicted octanol–water partition coefficient (Wildman–Crippen LogP) is -0.662. The van der Waals surface area contributed by atoms with Gasteiger partial charge in [-0.3, -0.25) is 9.59 Å². The van der Waals surface area contributed by atoms with E-state index < -0.39 is 23.4 Å². The Bertz CT molecular complexity index is 554. The SMILES string of the molecule is NC(=O)c1ccc(N2CC[C@@](O)(C(=O)O)C2=O)cc1. The lowest BCUT2D eigenvalue weighted by Gasteiger charge is -2.19. The summed E-state index contributed by atoms with van der Waals surface area (Å²) in [6, 6.07) is 5.82. The zero-order valence-corrected chi connectivity index (χ0v) is 9.87. The molecular weight excluding hydrogens is 252 g/mol. The molecule has 1 aliphatic rings. The van der Waals surface area contributed by atoms with Crippen molar-refractivity contribution in [3.63, 3.8) is 0 Å². The Hall–Kier alpha value is -2.41. The third-order valence-corrected chi connectivity index (χ3v) is 3.11. The maximum Gasteiger partial charge on any atom is 0.345 e. The molecule has 1 fully saturated rings. The first-order valence-electron chi connectivity index (χ1n) is 5.54. The minimum atomic E-state index is -2.37. The molecule has 1 heterocycles. The standard InChI is InChI=1S/C12H12N2O5/c13-9(15)7-1-3-8(4-2-7)14-6-5-12(19,10(14)16)11(17)18/h1-4,19H,5-6H2,(H2,13,15)(H,17,18)/t12-/m0/s1. The molecule has 0 unspecified atom stereocenters. The van der Waals surface area contributed by atoms with Gasteiger partial charge in [-0.1, -0.05) is 0 Å². The van der Waals surface area contributed by atoms with E-state index >= 15 is 0 Å². The summed E-state index contributed by atoms with van der Waals surface area (Å²) in [5.74, 6) is -3.04. The second-order valence-corrected chi connectivity index (χ2v) is 4.28. The van der Waals surface area contributed by atoms with E-state index in [1.807, 2.05) is 0 Å². The van der Waals surface area contributed by atoms with Crippen molar-refractivity contribution < 1.29 is 24.6 Å². The highest BCUT2D eigenvalue weighted by Gasteiger charge is 2.52. The molecule has 2 rings (SSSR count). The van der Waals surface area contributed by atoms with Gasteiger partial charge in [0, 0.05) is 24.2 Å². The number of hydrogen-bond acceptors (Lipinski definition) is 4. The number of nitrogens with two attached hydrogens (primary N) is 1. The molecular formula is C12H12N2O5. The summed E-state index contributed by atoms with van der Waals surface area (Å²) in [7, 11) is 0. The number of rotatable bonds is 3. The number of benzene rings is 1. The molecule has 0 saturated carbocycles. The largest absolute Gasteiger partial charge is 0.479 e. The van der Waals surface area contributed by atoms with E-state index in [1.54, 1.807) is 0 Å². The number of carbonyl (C=O) groups excluding carboxylic acids is 2. The number of nitrogens with zero attached hydrogens (tertiary/aromatic N) is 1. The molecule has 4 N–H and O–H groups in total. The van der Waals surface area contributed by atoms with Crippen molar-refractivity contribution in [2.75, 3.05) is 11.4 Å². The van der Waals surface area contributed by atoms with Gasteiger partial charge in [0.05, 0.1) is 0 Å². The smallest absolute Gasteiger partial charge is 0.345 e. The molecule has 0 spiro atoms. The van der Waals surface area contributed by atoms with E-state index in [9.17, 15) is 19.5 Å². The molecule has 0 aliphatic carbocycles. The van der Waals surface area contributed by atoms with Gasteiger partial charge in [-0.25, -0.2) is 4.79 Å². The van der Waals surface area contributed by atoms with Crippen LogP contribution in [0.2, 0.25) is 0 Å². The quantitative estimate of drug-likeness (QED) is 0.626. The van der Waals surface area contributed by atoms with E-state index in [4.69, 9.17) is 10.8 Å². The third-order valence-electron chi connectivity index (χ3n) is 3.11. The number of hydrogen-bond donors (Lipinski definition) is 3. The Morgan fingerprint density at radius 2 is 1.84 bits per heavy atom. The van der Waals surface area contributed by atoms with Crippen molar-refractivity contribution in [1.82, 2.24) is 0 Å². The number of primary amides is 1. The van der Waals surface area contributed by atoms with Gasteiger partial charge < -0.3 is 20.8 Å². The zero-order chi connectivity index (χ0) is 14.2. The summed E-state index contributed by atoms with van der Waals surface area (Å²) in [6.07, 6.45) is -0.182. The van der Waals surface area contributed by atoms with Crippen molar-refractivity contribution in [1.29, 1.82) is 0 Å². The van der Waals surface area contributed by atoms with Gasteiger partial charge in [-0.2, -0.15) is 0 Å². The van der Waals surface area contributed by atoms with Crippen LogP contribution in [-0.4, -0.2) is 40.1 Å². The first-order valence-corrected chi connectivity index (χ1v) is 5.54. The van der Waals surface area contributed by atoms with E-state index in [0.29, 0.717) is 5.69 Å². The van der Waals surface area contributed by atoms with Crippen LogP contribution in [0.1, 0.15) is 16.8 Å². The second-order valence-electron chi connectivity index (χ2n) is 4.28. The monoisotopic (exact) mass is 264 g/mol. The lowest BCUT2D eigenvalue weighted by atomic mass is 10.0. The van der Waals surface area contributed by atoms with Gasteiger partial charge in [-0.15, -0.1) is 0 Å². The number of carboxylic acid groups (broad SMARTS) is 1. The Labute approximate surface area is 108 Å². The Balaban J connectivity index is 2.27. The summed E-state index contributed by atoms with van der Waals surface area (Å²) in [5.41, 5.74) is 3.41. The molecule has 2 amide bonds. The summed E-state index contributed by atoms with van der Waals surface area (Å²) < 4.78 is 0. The number of carboxylic acids is 1. The van der Waals surface area contributed by atoms with Crippen LogP contribution in [0.25, 0.3) is 0 Å².